The van der Waals surface area contributed by atoms with Crippen molar-refractivity contribution in [1.82, 2.24) is 10.3 Å². The zero-order valence-electron chi connectivity index (χ0n) is 10.9. The molecule has 0 spiro atoms. The van der Waals surface area contributed by atoms with Gasteiger partial charge in [0.2, 0.25) is 0 Å². The SMILES string of the molecule is Cc1cc(C)cc(-c2ncc(CNC3CC3)s2)c1. The van der Waals surface area contributed by atoms with E-state index in [9.17, 15) is 0 Å². The summed E-state index contributed by atoms with van der Waals surface area (Å²) in [6.07, 6.45) is 4.68. The second-order valence-electron chi connectivity index (χ2n) is 5.16. The Morgan fingerprint density at radius 2 is 1.94 bits per heavy atom. The number of benzene rings is 1. The van der Waals surface area contributed by atoms with Gasteiger partial charge in [0.15, 0.2) is 0 Å². The van der Waals surface area contributed by atoms with E-state index in [4.69, 9.17) is 0 Å². The minimum atomic E-state index is 0.761. The van der Waals surface area contributed by atoms with Crippen LogP contribution in [0.15, 0.2) is 24.4 Å². The highest BCUT2D eigenvalue weighted by Crippen LogP contribution is 2.27. The van der Waals surface area contributed by atoms with Crippen molar-refractivity contribution in [3.63, 3.8) is 0 Å². The quantitative estimate of drug-likeness (QED) is 0.905. The van der Waals surface area contributed by atoms with Gasteiger partial charge in [-0.3, -0.25) is 0 Å². The van der Waals surface area contributed by atoms with Gasteiger partial charge in [0.1, 0.15) is 5.01 Å². The van der Waals surface area contributed by atoms with Crippen LogP contribution in [-0.4, -0.2) is 11.0 Å². The van der Waals surface area contributed by atoms with E-state index in [-0.39, 0.29) is 0 Å². The monoisotopic (exact) mass is 258 g/mol. The van der Waals surface area contributed by atoms with E-state index in [0.29, 0.717) is 0 Å². The van der Waals surface area contributed by atoms with E-state index in [1.54, 1.807) is 11.3 Å². The van der Waals surface area contributed by atoms with E-state index in [1.807, 2.05) is 6.20 Å². The van der Waals surface area contributed by atoms with Gasteiger partial charge in [-0.1, -0.05) is 17.2 Å². The van der Waals surface area contributed by atoms with Crippen molar-refractivity contribution < 1.29 is 0 Å². The van der Waals surface area contributed by atoms with Crippen LogP contribution >= 0.6 is 11.3 Å². The van der Waals surface area contributed by atoms with Crippen molar-refractivity contribution in [3.8, 4) is 10.6 Å². The van der Waals surface area contributed by atoms with E-state index in [1.165, 1.54) is 34.4 Å². The minimum absolute atomic E-state index is 0.761. The van der Waals surface area contributed by atoms with E-state index >= 15 is 0 Å². The lowest BCUT2D eigenvalue weighted by Gasteiger charge is -2.01. The summed E-state index contributed by atoms with van der Waals surface area (Å²) >= 11 is 1.80. The lowest BCUT2D eigenvalue weighted by molar-refractivity contribution is 0.694. The van der Waals surface area contributed by atoms with E-state index in [0.717, 1.165) is 17.6 Å². The smallest absolute Gasteiger partial charge is 0.123 e. The number of nitrogens with one attached hydrogen (secondary N) is 1. The third-order valence-electron chi connectivity index (χ3n) is 3.16. The number of rotatable bonds is 4. The fourth-order valence-electron chi connectivity index (χ4n) is 2.15. The number of hydrogen-bond donors (Lipinski definition) is 1. The summed E-state index contributed by atoms with van der Waals surface area (Å²) < 4.78 is 0. The van der Waals surface area contributed by atoms with Crippen molar-refractivity contribution in [2.24, 2.45) is 0 Å². The zero-order chi connectivity index (χ0) is 12.5. The molecule has 2 nitrogen and oxygen atoms in total. The molecule has 0 saturated heterocycles. The van der Waals surface area contributed by atoms with Crippen LogP contribution in [0.5, 0.6) is 0 Å². The Morgan fingerprint density at radius 3 is 2.61 bits per heavy atom. The maximum Gasteiger partial charge on any atom is 0.123 e. The van der Waals surface area contributed by atoms with Crippen LogP contribution in [0, 0.1) is 13.8 Å². The normalized spacial score (nSPS) is 15.0. The Balaban J connectivity index is 1.78. The summed E-state index contributed by atoms with van der Waals surface area (Å²) in [5.41, 5.74) is 3.85. The van der Waals surface area contributed by atoms with Crippen molar-refractivity contribution in [3.05, 3.63) is 40.4 Å². The molecule has 0 radical (unpaired) electrons. The molecule has 1 aromatic carbocycles. The Bertz CT molecular complexity index is 535. The Labute approximate surface area is 112 Å². The zero-order valence-corrected chi connectivity index (χ0v) is 11.7. The summed E-state index contributed by atoms with van der Waals surface area (Å²) in [4.78, 5) is 5.88. The second kappa shape index (κ2) is 4.82. The molecule has 1 aliphatic rings. The number of aryl methyl sites for hydroxylation is 2. The van der Waals surface area contributed by atoms with Gasteiger partial charge in [-0.15, -0.1) is 11.3 Å². The Hall–Kier alpha value is -1.19. The summed E-state index contributed by atoms with van der Waals surface area (Å²) in [5.74, 6) is 0. The highest BCUT2D eigenvalue weighted by molar-refractivity contribution is 7.15. The van der Waals surface area contributed by atoms with Gasteiger partial charge in [0.25, 0.3) is 0 Å². The molecular formula is C15H18N2S. The molecule has 0 atom stereocenters. The van der Waals surface area contributed by atoms with Gasteiger partial charge in [0.05, 0.1) is 0 Å². The molecule has 2 aromatic rings. The average Bonchev–Trinajstić information content (AvgIpc) is 3.02. The molecule has 3 rings (SSSR count). The molecule has 1 fully saturated rings. The van der Waals surface area contributed by atoms with Gasteiger partial charge in [0, 0.05) is 29.2 Å². The Kier molecular flexibility index (Phi) is 3.18. The lowest BCUT2D eigenvalue weighted by Crippen LogP contribution is -2.14. The molecular weight excluding hydrogens is 240 g/mol. The predicted octanol–water partition coefficient (Wildman–Crippen LogP) is 3.68. The number of nitrogens with zero attached hydrogens (tertiary/aromatic N) is 1. The number of thiazole rings is 1. The molecule has 0 bridgehead atoms. The van der Waals surface area contributed by atoms with Crippen LogP contribution in [-0.2, 0) is 6.54 Å². The number of aromatic nitrogens is 1. The van der Waals surface area contributed by atoms with Gasteiger partial charge < -0.3 is 5.32 Å². The first-order chi connectivity index (χ1) is 8.70. The molecule has 1 heterocycles. The maximum atomic E-state index is 4.55. The molecule has 1 aliphatic carbocycles. The first-order valence-electron chi connectivity index (χ1n) is 6.47. The van der Waals surface area contributed by atoms with E-state index in [2.05, 4.69) is 42.3 Å². The van der Waals surface area contributed by atoms with Crippen LogP contribution in [0.1, 0.15) is 28.8 Å². The van der Waals surface area contributed by atoms with Crippen molar-refractivity contribution in [2.45, 2.75) is 39.3 Å². The first kappa shape index (κ1) is 11.9. The van der Waals surface area contributed by atoms with Crippen LogP contribution < -0.4 is 5.32 Å². The van der Waals surface area contributed by atoms with Crippen LogP contribution in [0.3, 0.4) is 0 Å². The third kappa shape index (κ3) is 2.79. The fourth-order valence-corrected chi connectivity index (χ4v) is 3.00. The second-order valence-corrected chi connectivity index (χ2v) is 6.28. The average molecular weight is 258 g/mol. The summed E-state index contributed by atoms with van der Waals surface area (Å²) in [6.45, 7) is 5.24. The maximum absolute atomic E-state index is 4.55. The van der Waals surface area contributed by atoms with Gasteiger partial charge in [-0.05, 0) is 38.8 Å². The van der Waals surface area contributed by atoms with Gasteiger partial charge in [-0.25, -0.2) is 4.98 Å². The largest absolute Gasteiger partial charge is 0.309 e. The van der Waals surface area contributed by atoms with Crippen molar-refractivity contribution >= 4 is 11.3 Å². The lowest BCUT2D eigenvalue weighted by atomic mass is 10.1. The summed E-state index contributed by atoms with van der Waals surface area (Å²) in [6, 6.07) is 7.39. The highest BCUT2D eigenvalue weighted by atomic mass is 32.1. The molecule has 1 saturated carbocycles. The first-order valence-corrected chi connectivity index (χ1v) is 7.29. The number of hydrogen-bond acceptors (Lipinski definition) is 3. The molecule has 0 aliphatic heterocycles. The fraction of sp³-hybridized carbons (Fsp3) is 0.400. The minimum Gasteiger partial charge on any atom is -0.309 e. The highest BCUT2D eigenvalue weighted by Gasteiger charge is 2.20. The molecule has 0 unspecified atom stereocenters. The molecule has 3 heteroatoms. The molecule has 0 amide bonds. The van der Waals surface area contributed by atoms with E-state index < -0.39 is 0 Å². The molecule has 1 aromatic heterocycles. The third-order valence-corrected chi connectivity index (χ3v) is 4.21. The Morgan fingerprint density at radius 1 is 1.22 bits per heavy atom. The standard InChI is InChI=1S/C15H18N2S/c1-10-5-11(2)7-12(6-10)15-17-9-14(18-15)8-16-13-3-4-13/h5-7,9,13,16H,3-4,8H2,1-2H3. The summed E-state index contributed by atoms with van der Waals surface area (Å²) in [7, 11) is 0. The van der Waals surface area contributed by atoms with Crippen LogP contribution in [0.25, 0.3) is 10.6 Å². The van der Waals surface area contributed by atoms with Crippen molar-refractivity contribution in [2.75, 3.05) is 0 Å². The molecule has 1 N–H and O–H groups in total. The van der Waals surface area contributed by atoms with Crippen LogP contribution in [0.2, 0.25) is 0 Å². The topological polar surface area (TPSA) is 24.9 Å². The predicted molar refractivity (Wildman–Crippen MR) is 76.9 cm³/mol. The molecule has 94 valence electrons. The van der Waals surface area contributed by atoms with Crippen LogP contribution in [0.4, 0.5) is 0 Å². The molecule has 18 heavy (non-hydrogen) atoms. The van der Waals surface area contributed by atoms with Gasteiger partial charge >= 0.3 is 0 Å². The summed E-state index contributed by atoms with van der Waals surface area (Å²) in [5, 5.41) is 4.66. The van der Waals surface area contributed by atoms with Gasteiger partial charge in [-0.2, -0.15) is 0 Å². The van der Waals surface area contributed by atoms with Crippen molar-refractivity contribution in [1.29, 1.82) is 0 Å².